The minimum absolute atomic E-state index is 0.167. The topological polar surface area (TPSA) is 88.4 Å². The van der Waals surface area contributed by atoms with E-state index in [0.717, 1.165) is 27.1 Å². The number of carbonyl (C=O) groups is 2. The first-order valence-corrected chi connectivity index (χ1v) is 11.9. The minimum Gasteiger partial charge on any atom is -0.481 e. The first-order valence-electron chi connectivity index (χ1n) is 11.0. The van der Waals surface area contributed by atoms with E-state index < -0.39 is 18.1 Å². The predicted molar refractivity (Wildman–Crippen MR) is 132 cm³/mol. The molecule has 0 saturated carbocycles. The summed E-state index contributed by atoms with van der Waals surface area (Å²) in [6, 6.07) is 11.8. The first kappa shape index (κ1) is 24.5. The predicted octanol–water partition coefficient (Wildman–Crippen LogP) is 5.11. The van der Waals surface area contributed by atoms with Gasteiger partial charge in [0.05, 0.1) is 12.5 Å². The minimum atomic E-state index is -1.00. The summed E-state index contributed by atoms with van der Waals surface area (Å²) in [6.07, 6.45) is 1.86. The van der Waals surface area contributed by atoms with Gasteiger partial charge in [-0.1, -0.05) is 38.1 Å². The summed E-state index contributed by atoms with van der Waals surface area (Å²) in [7, 11) is 0. The number of aryl methyl sites for hydroxylation is 2. The Balaban J connectivity index is 1.91. The number of carbonyl (C=O) groups excluding carboxylic acids is 1. The Morgan fingerprint density at radius 1 is 1.12 bits per heavy atom. The molecule has 7 heteroatoms. The lowest BCUT2D eigenvalue weighted by atomic mass is 10.00. The fourth-order valence-electron chi connectivity index (χ4n) is 3.86. The molecule has 1 amide bonds. The SMILES string of the molecule is Cc1ccn([C@@H](CC(C)C)C(=O)N[C@@H](CC(=O)O)c2csc(-c3ccccc3C)c2)c(=O)c1. The number of nitrogens with one attached hydrogen (secondary N) is 1. The Bertz CT molecular complexity index is 1190. The summed E-state index contributed by atoms with van der Waals surface area (Å²) in [4.78, 5) is 38.6. The molecule has 33 heavy (non-hydrogen) atoms. The summed E-state index contributed by atoms with van der Waals surface area (Å²) in [5.74, 6) is -1.19. The van der Waals surface area contributed by atoms with Crippen molar-refractivity contribution in [2.45, 2.75) is 52.6 Å². The summed E-state index contributed by atoms with van der Waals surface area (Å²) >= 11 is 1.52. The Morgan fingerprint density at radius 3 is 2.48 bits per heavy atom. The molecule has 0 aliphatic heterocycles. The number of benzene rings is 1. The molecular formula is C26H30N2O4S. The van der Waals surface area contributed by atoms with Crippen LogP contribution in [-0.4, -0.2) is 21.6 Å². The molecule has 1 aromatic carbocycles. The number of carboxylic acids is 1. The summed E-state index contributed by atoms with van der Waals surface area (Å²) in [5, 5.41) is 14.3. The van der Waals surface area contributed by atoms with E-state index in [0.29, 0.717) is 6.42 Å². The summed E-state index contributed by atoms with van der Waals surface area (Å²) in [5.41, 5.74) is 3.53. The number of nitrogens with zero attached hydrogens (tertiary/aromatic N) is 1. The van der Waals surface area contributed by atoms with Crippen LogP contribution >= 0.6 is 11.3 Å². The van der Waals surface area contributed by atoms with Gasteiger partial charge in [-0.2, -0.15) is 0 Å². The lowest BCUT2D eigenvalue weighted by Crippen LogP contribution is -2.40. The van der Waals surface area contributed by atoms with Crippen LogP contribution < -0.4 is 10.9 Å². The Hall–Kier alpha value is -3.19. The van der Waals surface area contributed by atoms with Crippen molar-refractivity contribution in [3.8, 4) is 10.4 Å². The lowest BCUT2D eigenvalue weighted by molar-refractivity contribution is -0.138. The van der Waals surface area contributed by atoms with Crippen LogP contribution in [0.5, 0.6) is 0 Å². The van der Waals surface area contributed by atoms with Gasteiger partial charge in [-0.15, -0.1) is 11.3 Å². The second-order valence-corrected chi connectivity index (χ2v) is 9.72. The van der Waals surface area contributed by atoms with E-state index in [2.05, 4.69) is 5.32 Å². The Labute approximate surface area is 197 Å². The molecular weight excluding hydrogens is 436 g/mol. The van der Waals surface area contributed by atoms with Crippen molar-refractivity contribution < 1.29 is 14.7 Å². The Kier molecular flexibility index (Phi) is 7.87. The quantitative estimate of drug-likeness (QED) is 0.458. The van der Waals surface area contributed by atoms with Gasteiger partial charge in [-0.25, -0.2) is 0 Å². The van der Waals surface area contributed by atoms with Gasteiger partial charge < -0.3 is 15.0 Å². The van der Waals surface area contributed by atoms with Crippen molar-refractivity contribution in [1.82, 2.24) is 9.88 Å². The monoisotopic (exact) mass is 466 g/mol. The zero-order valence-electron chi connectivity index (χ0n) is 19.4. The van der Waals surface area contributed by atoms with E-state index in [4.69, 9.17) is 0 Å². The number of hydrogen-bond donors (Lipinski definition) is 2. The third kappa shape index (κ3) is 6.20. The molecule has 2 N–H and O–H groups in total. The van der Waals surface area contributed by atoms with Gasteiger partial charge in [0.25, 0.3) is 5.56 Å². The fraction of sp³-hybridized carbons (Fsp3) is 0.346. The average molecular weight is 467 g/mol. The molecule has 0 fully saturated rings. The molecule has 0 aliphatic rings. The van der Waals surface area contributed by atoms with Crippen molar-refractivity contribution in [2.75, 3.05) is 0 Å². The molecule has 174 valence electrons. The number of rotatable bonds is 9. The van der Waals surface area contributed by atoms with Crippen molar-refractivity contribution in [2.24, 2.45) is 5.92 Å². The standard InChI is InChI=1S/C26H30N2O4S/c1-16(2)11-22(28-10-9-17(3)12-24(28)29)26(32)27-21(14-25(30)31)19-13-23(33-15-19)20-8-6-5-7-18(20)4/h5-10,12-13,15-16,21-22H,11,14H2,1-4H3,(H,27,32)(H,30,31)/t21-,22-/m0/s1. The van der Waals surface area contributed by atoms with Gasteiger partial charge in [0, 0.05) is 17.1 Å². The molecule has 2 aromatic heterocycles. The number of thiophene rings is 1. The highest BCUT2D eigenvalue weighted by Crippen LogP contribution is 2.33. The van der Waals surface area contributed by atoms with E-state index in [1.165, 1.54) is 22.0 Å². The largest absolute Gasteiger partial charge is 0.481 e. The van der Waals surface area contributed by atoms with Gasteiger partial charge in [-0.05, 0) is 66.0 Å². The Morgan fingerprint density at radius 2 is 1.85 bits per heavy atom. The normalized spacial score (nSPS) is 13.0. The van der Waals surface area contributed by atoms with Crippen molar-refractivity contribution in [1.29, 1.82) is 0 Å². The number of aliphatic carboxylic acids is 1. The zero-order valence-corrected chi connectivity index (χ0v) is 20.2. The fourth-order valence-corrected chi connectivity index (χ4v) is 4.91. The average Bonchev–Trinajstić information content (AvgIpc) is 3.22. The molecule has 0 radical (unpaired) electrons. The molecule has 0 bridgehead atoms. The van der Waals surface area contributed by atoms with Gasteiger partial charge in [0.2, 0.25) is 5.91 Å². The number of carboxylic acid groups (broad SMARTS) is 1. The third-order valence-corrected chi connectivity index (χ3v) is 6.55. The van der Waals surface area contributed by atoms with Gasteiger partial charge in [0.1, 0.15) is 6.04 Å². The highest BCUT2D eigenvalue weighted by Gasteiger charge is 2.27. The summed E-state index contributed by atoms with van der Waals surface area (Å²) in [6.45, 7) is 7.83. The smallest absolute Gasteiger partial charge is 0.305 e. The van der Waals surface area contributed by atoms with Gasteiger partial charge >= 0.3 is 5.97 Å². The van der Waals surface area contributed by atoms with Crippen LogP contribution in [-0.2, 0) is 9.59 Å². The molecule has 2 atom stereocenters. The highest BCUT2D eigenvalue weighted by molar-refractivity contribution is 7.13. The highest BCUT2D eigenvalue weighted by atomic mass is 32.1. The van der Waals surface area contributed by atoms with Gasteiger partial charge in [-0.3, -0.25) is 14.4 Å². The number of aromatic nitrogens is 1. The maximum atomic E-state index is 13.4. The molecule has 0 spiro atoms. The molecule has 3 aromatic rings. The molecule has 6 nitrogen and oxygen atoms in total. The second kappa shape index (κ2) is 10.6. The van der Waals surface area contributed by atoms with Crippen LogP contribution in [0.2, 0.25) is 0 Å². The number of amides is 1. The van der Waals surface area contributed by atoms with Crippen LogP contribution in [0.4, 0.5) is 0 Å². The van der Waals surface area contributed by atoms with Crippen LogP contribution in [0.3, 0.4) is 0 Å². The first-order chi connectivity index (χ1) is 15.7. The molecule has 0 aliphatic carbocycles. The van der Waals surface area contributed by atoms with Crippen molar-refractivity contribution in [3.05, 3.63) is 81.1 Å². The maximum Gasteiger partial charge on any atom is 0.305 e. The van der Waals surface area contributed by atoms with Gasteiger partial charge in [0.15, 0.2) is 0 Å². The number of hydrogen-bond acceptors (Lipinski definition) is 4. The molecule has 3 rings (SSSR count). The van der Waals surface area contributed by atoms with Crippen LogP contribution in [0, 0.1) is 19.8 Å². The molecule has 0 unspecified atom stereocenters. The van der Waals surface area contributed by atoms with Crippen LogP contribution in [0.25, 0.3) is 10.4 Å². The molecule has 0 saturated heterocycles. The van der Waals surface area contributed by atoms with E-state index in [9.17, 15) is 19.5 Å². The summed E-state index contributed by atoms with van der Waals surface area (Å²) < 4.78 is 1.44. The zero-order chi connectivity index (χ0) is 24.1. The maximum absolute atomic E-state index is 13.4. The third-order valence-electron chi connectivity index (χ3n) is 5.56. The van der Waals surface area contributed by atoms with E-state index >= 15 is 0 Å². The van der Waals surface area contributed by atoms with E-state index in [-0.39, 0.29) is 23.8 Å². The molecule has 2 heterocycles. The van der Waals surface area contributed by atoms with E-state index in [1.807, 2.05) is 63.4 Å². The van der Waals surface area contributed by atoms with Crippen molar-refractivity contribution in [3.63, 3.8) is 0 Å². The van der Waals surface area contributed by atoms with Crippen LogP contribution in [0.15, 0.2) is 58.8 Å². The van der Waals surface area contributed by atoms with Crippen LogP contribution in [0.1, 0.15) is 55.5 Å². The second-order valence-electron chi connectivity index (χ2n) is 8.81. The lowest BCUT2D eigenvalue weighted by Gasteiger charge is -2.24. The number of pyridine rings is 1. The van der Waals surface area contributed by atoms with Crippen molar-refractivity contribution >= 4 is 23.2 Å². The van der Waals surface area contributed by atoms with E-state index in [1.54, 1.807) is 12.3 Å².